The van der Waals surface area contributed by atoms with Crippen LogP contribution >= 0.6 is 0 Å². The van der Waals surface area contributed by atoms with E-state index in [-0.39, 0.29) is 11.6 Å². The lowest BCUT2D eigenvalue weighted by molar-refractivity contribution is -0.342. The highest BCUT2D eigenvalue weighted by Gasteiger charge is 2.75. The van der Waals surface area contributed by atoms with Crippen LogP contribution in [0.3, 0.4) is 0 Å². The molecule has 0 saturated carbocycles. The van der Waals surface area contributed by atoms with Gasteiger partial charge in [-0.3, -0.25) is 20.0 Å². The zero-order valence-electron chi connectivity index (χ0n) is 12.3. The first-order valence-corrected chi connectivity index (χ1v) is 6.32. The Morgan fingerprint density at radius 2 is 1.68 bits per heavy atom. The van der Waals surface area contributed by atoms with Crippen molar-refractivity contribution >= 4 is 11.7 Å². The second-order valence-electron chi connectivity index (χ2n) is 4.66. The molecule has 12 heteroatoms. The number of aromatic nitrogens is 1. The molecule has 0 aliphatic rings. The molecule has 5 nitrogen and oxygen atoms in total. The lowest BCUT2D eigenvalue weighted by Crippen LogP contribution is -2.55. The van der Waals surface area contributed by atoms with Gasteiger partial charge in [0.25, 0.3) is 5.91 Å². The average molecular weight is 373 g/mol. The van der Waals surface area contributed by atoms with Crippen molar-refractivity contribution in [1.82, 2.24) is 15.8 Å². The Kier molecular flexibility index (Phi) is 5.76. The van der Waals surface area contributed by atoms with Gasteiger partial charge >= 0.3 is 18.0 Å². The highest BCUT2D eigenvalue weighted by Crippen LogP contribution is 2.47. The summed E-state index contributed by atoms with van der Waals surface area (Å²) < 4.78 is 87.7. The zero-order valence-corrected chi connectivity index (χ0v) is 12.3. The Morgan fingerprint density at radius 1 is 1.08 bits per heavy atom. The minimum absolute atomic E-state index is 0.0306. The van der Waals surface area contributed by atoms with Gasteiger partial charge in [-0.05, 0) is 19.1 Å². The molecule has 0 bridgehead atoms. The van der Waals surface area contributed by atoms with Gasteiger partial charge < -0.3 is 5.43 Å². The summed E-state index contributed by atoms with van der Waals surface area (Å²) >= 11 is 0. The van der Waals surface area contributed by atoms with Crippen molar-refractivity contribution in [2.45, 2.75) is 24.9 Å². The molecule has 0 unspecified atom stereocenters. The zero-order chi connectivity index (χ0) is 19.5. The number of halogens is 7. The van der Waals surface area contributed by atoms with Crippen LogP contribution in [0.2, 0.25) is 0 Å². The molecule has 25 heavy (non-hydrogen) atoms. The van der Waals surface area contributed by atoms with Crippen LogP contribution in [0, 0.1) is 0 Å². The molecule has 0 spiro atoms. The Hall–Kier alpha value is -2.66. The van der Waals surface area contributed by atoms with Crippen molar-refractivity contribution in [2.24, 2.45) is 0 Å². The Bertz CT molecular complexity index is 672. The van der Waals surface area contributed by atoms with Gasteiger partial charge in [-0.2, -0.15) is 30.7 Å². The van der Waals surface area contributed by atoms with E-state index in [1.165, 1.54) is 18.3 Å². The van der Waals surface area contributed by atoms with Crippen molar-refractivity contribution in [3.63, 3.8) is 0 Å². The molecule has 2 N–H and O–H groups in total. The minimum Gasteiger partial charge on any atom is -0.303 e. The summed E-state index contributed by atoms with van der Waals surface area (Å²) in [5, 5.41) is 0. The van der Waals surface area contributed by atoms with E-state index in [9.17, 15) is 40.3 Å². The number of hydrogen-bond donors (Lipinski definition) is 2. The van der Waals surface area contributed by atoms with Gasteiger partial charge in [0.1, 0.15) is 0 Å². The lowest BCUT2D eigenvalue weighted by Gasteiger charge is -2.26. The van der Waals surface area contributed by atoms with Gasteiger partial charge in [0, 0.05) is 24.2 Å². The number of carbonyl (C=O) groups excluding carboxylic acids is 2. The monoisotopic (exact) mass is 373 g/mol. The summed E-state index contributed by atoms with van der Waals surface area (Å²) in [6.45, 7) is 0.892. The van der Waals surface area contributed by atoms with Crippen LogP contribution in [0.4, 0.5) is 30.7 Å². The molecule has 1 heterocycles. The number of ketones is 1. The van der Waals surface area contributed by atoms with Crippen LogP contribution in [0.25, 0.3) is 0 Å². The summed E-state index contributed by atoms with van der Waals surface area (Å²) in [6.07, 6.45) is -4.30. The van der Waals surface area contributed by atoms with Gasteiger partial charge in [0.05, 0.1) is 5.56 Å². The Morgan fingerprint density at radius 3 is 2.16 bits per heavy atom. The third-order valence-corrected chi connectivity index (χ3v) is 2.70. The van der Waals surface area contributed by atoms with Crippen molar-refractivity contribution in [3.8, 4) is 0 Å². The number of nitrogens with one attached hydrogen (secondary N) is 2. The smallest absolute Gasteiger partial charge is 0.303 e. The van der Waals surface area contributed by atoms with E-state index in [0.29, 0.717) is 0 Å². The maximum absolute atomic E-state index is 13.1. The Balaban J connectivity index is 2.81. The number of pyridine rings is 1. The van der Waals surface area contributed by atoms with Gasteiger partial charge in [0.15, 0.2) is 0 Å². The molecular formula is C13H10F7N3O2. The highest BCUT2D eigenvalue weighted by molar-refractivity contribution is 5.97. The summed E-state index contributed by atoms with van der Waals surface area (Å²) in [6, 6.07) is 2.73. The summed E-state index contributed by atoms with van der Waals surface area (Å²) in [5.74, 6) is -16.2. The second kappa shape index (κ2) is 7.07. The molecule has 0 aliphatic heterocycles. The van der Waals surface area contributed by atoms with E-state index >= 15 is 0 Å². The predicted molar refractivity (Wildman–Crippen MR) is 69.6 cm³/mol. The Labute approximate surface area is 135 Å². The number of amides is 1. The number of hydrogen-bond acceptors (Lipinski definition) is 4. The highest BCUT2D eigenvalue weighted by atomic mass is 19.4. The van der Waals surface area contributed by atoms with Crippen molar-refractivity contribution < 1.29 is 40.3 Å². The molecule has 1 amide bonds. The largest absolute Gasteiger partial charge is 0.460 e. The molecule has 1 rings (SSSR count). The van der Waals surface area contributed by atoms with Crippen LogP contribution in [0.5, 0.6) is 0 Å². The first-order valence-electron chi connectivity index (χ1n) is 6.32. The SMILES string of the molecule is C/C(=C\C(=O)C(F)(F)C(F)(F)C(F)(F)F)NNC(=O)c1cccnc1. The van der Waals surface area contributed by atoms with E-state index in [0.717, 1.165) is 13.1 Å². The quantitative estimate of drug-likeness (QED) is 0.457. The van der Waals surface area contributed by atoms with Gasteiger partial charge in [-0.1, -0.05) is 0 Å². The predicted octanol–water partition coefficient (Wildman–Crippen LogP) is 2.62. The van der Waals surface area contributed by atoms with Crippen LogP contribution < -0.4 is 10.9 Å². The van der Waals surface area contributed by atoms with E-state index in [1.54, 1.807) is 0 Å². The van der Waals surface area contributed by atoms with E-state index in [1.807, 2.05) is 10.9 Å². The fourth-order valence-electron chi connectivity index (χ4n) is 1.38. The number of carbonyl (C=O) groups is 2. The van der Waals surface area contributed by atoms with Crippen LogP contribution in [-0.4, -0.2) is 34.7 Å². The van der Waals surface area contributed by atoms with Gasteiger partial charge in [-0.25, -0.2) is 0 Å². The van der Waals surface area contributed by atoms with E-state index in [4.69, 9.17) is 0 Å². The maximum Gasteiger partial charge on any atom is 0.460 e. The molecule has 0 aromatic carbocycles. The van der Waals surface area contributed by atoms with Crippen LogP contribution in [0.1, 0.15) is 17.3 Å². The third kappa shape index (κ3) is 4.45. The number of rotatable bonds is 6. The first-order chi connectivity index (χ1) is 11.3. The molecule has 1 aromatic rings. The van der Waals surface area contributed by atoms with E-state index < -0.39 is 35.4 Å². The summed E-state index contributed by atoms with van der Waals surface area (Å²) in [5.41, 5.74) is 3.28. The standard InChI is InChI=1S/C13H10F7N3O2/c1-7(22-23-10(25)8-3-2-4-21-6-8)5-9(24)11(14,15)12(16,17)13(18,19)20/h2-6,22H,1H3,(H,23,25)/b7-5+. The molecule has 0 saturated heterocycles. The maximum atomic E-state index is 13.1. The van der Waals surface area contributed by atoms with Crippen molar-refractivity contribution in [1.29, 1.82) is 0 Å². The number of allylic oxidation sites excluding steroid dienone is 2. The summed E-state index contributed by atoms with van der Waals surface area (Å²) in [7, 11) is 0. The fourth-order valence-corrected chi connectivity index (χ4v) is 1.38. The molecule has 138 valence electrons. The minimum atomic E-state index is -6.62. The molecule has 0 radical (unpaired) electrons. The van der Waals surface area contributed by atoms with Crippen molar-refractivity contribution in [3.05, 3.63) is 41.9 Å². The molecule has 1 aromatic heterocycles. The van der Waals surface area contributed by atoms with Gasteiger partial charge in [0.2, 0.25) is 5.78 Å². The number of alkyl halides is 7. The van der Waals surface area contributed by atoms with Gasteiger partial charge in [-0.15, -0.1) is 0 Å². The molecular weight excluding hydrogens is 363 g/mol. The van der Waals surface area contributed by atoms with Crippen LogP contribution in [0.15, 0.2) is 36.3 Å². The van der Waals surface area contributed by atoms with E-state index in [2.05, 4.69) is 4.98 Å². The third-order valence-electron chi connectivity index (χ3n) is 2.70. The van der Waals surface area contributed by atoms with Crippen LogP contribution in [-0.2, 0) is 4.79 Å². The fraction of sp³-hybridized carbons (Fsp3) is 0.308. The lowest BCUT2D eigenvalue weighted by atomic mass is 10.1. The first kappa shape index (κ1) is 20.4. The topological polar surface area (TPSA) is 71.1 Å². The molecule has 0 atom stereocenters. The average Bonchev–Trinajstić information content (AvgIpc) is 2.52. The second-order valence-corrected chi connectivity index (χ2v) is 4.66. The molecule has 0 fully saturated rings. The number of nitrogens with zero attached hydrogens (tertiary/aromatic N) is 1. The normalized spacial score (nSPS) is 13.4. The van der Waals surface area contributed by atoms with Crippen molar-refractivity contribution in [2.75, 3.05) is 0 Å². The number of hydrazine groups is 1. The molecule has 0 aliphatic carbocycles. The summed E-state index contributed by atoms with van der Waals surface area (Å²) in [4.78, 5) is 26.3.